The first-order valence-corrected chi connectivity index (χ1v) is 7.22. The van der Waals surface area contributed by atoms with Gasteiger partial charge in [0.2, 0.25) is 5.91 Å². The van der Waals surface area contributed by atoms with Gasteiger partial charge in [-0.25, -0.2) is 0 Å². The zero-order valence-corrected chi connectivity index (χ0v) is 11.8. The quantitative estimate of drug-likeness (QED) is 0.604. The second-order valence-electron chi connectivity index (χ2n) is 5.91. The third-order valence-corrected chi connectivity index (χ3v) is 3.47. The molecule has 0 aromatic rings. The van der Waals surface area contributed by atoms with E-state index in [0.717, 1.165) is 32.2 Å². The van der Waals surface area contributed by atoms with E-state index in [-0.39, 0.29) is 5.91 Å². The second kappa shape index (κ2) is 7.74. The lowest BCUT2D eigenvalue weighted by Crippen LogP contribution is -2.43. The minimum absolute atomic E-state index is 0.0897. The van der Waals surface area contributed by atoms with Crippen LogP contribution in [0.15, 0.2) is 0 Å². The highest BCUT2D eigenvalue weighted by molar-refractivity contribution is 5.76. The molecule has 0 radical (unpaired) electrons. The van der Waals surface area contributed by atoms with Crippen LogP contribution in [0.5, 0.6) is 0 Å². The lowest BCUT2D eigenvalue weighted by atomic mass is 9.85. The molecule has 0 spiro atoms. The maximum atomic E-state index is 11.5. The molecule has 106 valence electrons. The largest absolute Gasteiger partial charge is 0.389 e. The minimum atomic E-state index is -0.535. The average molecular weight is 256 g/mol. The van der Waals surface area contributed by atoms with E-state index in [1.165, 1.54) is 6.42 Å². The smallest absolute Gasteiger partial charge is 0.221 e. The summed E-state index contributed by atoms with van der Waals surface area (Å²) in [5.74, 6) is 0.580. The Bertz CT molecular complexity index is 248. The number of aliphatic hydroxyl groups is 1. The zero-order chi connectivity index (χ0) is 13.4. The minimum Gasteiger partial charge on any atom is -0.389 e. The molecule has 1 amide bonds. The van der Waals surface area contributed by atoms with Crippen LogP contribution in [0.3, 0.4) is 0 Å². The van der Waals surface area contributed by atoms with Crippen molar-refractivity contribution in [3.05, 3.63) is 0 Å². The molecule has 0 unspecified atom stereocenters. The molecule has 3 N–H and O–H groups in total. The zero-order valence-electron chi connectivity index (χ0n) is 11.8. The van der Waals surface area contributed by atoms with Crippen molar-refractivity contribution in [3.8, 4) is 0 Å². The normalized spacial score (nSPS) is 18.9. The highest BCUT2D eigenvalue weighted by Crippen LogP contribution is 2.27. The van der Waals surface area contributed by atoms with Gasteiger partial charge in [0, 0.05) is 26.1 Å². The van der Waals surface area contributed by atoms with Crippen molar-refractivity contribution in [2.24, 2.45) is 5.92 Å². The maximum Gasteiger partial charge on any atom is 0.221 e. The Hall–Kier alpha value is -0.610. The molecule has 1 fully saturated rings. The average Bonchev–Trinajstić information content (AvgIpc) is 2.33. The number of hydrogen-bond acceptors (Lipinski definition) is 3. The van der Waals surface area contributed by atoms with Gasteiger partial charge in [-0.2, -0.15) is 0 Å². The van der Waals surface area contributed by atoms with Crippen LogP contribution >= 0.6 is 0 Å². The summed E-state index contributed by atoms with van der Waals surface area (Å²) in [6.45, 7) is 6.16. The van der Waals surface area contributed by atoms with Crippen molar-refractivity contribution in [1.82, 2.24) is 10.6 Å². The Balaban J connectivity index is 2.05. The van der Waals surface area contributed by atoms with Gasteiger partial charge in [0.15, 0.2) is 0 Å². The maximum absolute atomic E-state index is 11.5. The van der Waals surface area contributed by atoms with E-state index in [1.54, 1.807) is 0 Å². The molecule has 4 nitrogen and oxygen atoms in total. The van der Waals surface area contributed by atoms with E-state index in [0.29, 0.717) is 25.4 Å². The lowest BCUT2D eigenvalue weighted by Gasteiger charge is -2.32. The number of carbonyl (C=O) groups is 1. The lowest BCUT2D eigenvalue weighted by molar-refractivity contribution is -0.121. The van der Waals surface area contributed by atoms with Gasteiger partial charge in [0.05, 0.1) is 5.60 Å². The standard InChI is InChI=1S/C14H28N2O2/c1-12(2)10-16-13(17)6-9-15-11-14(18)7-4-3-5-8-14/h12,15,18H,3-11H2,1-2H3,(H,16,17). The first-order valence-electron chi connectivity index (χ1n) is 7.22. The van der Waals surface area contributed by atoms with Gasteiger partial charge in [-0.15, -0.1) is 0 Å². The summed E-state index contributed by atoms with van der Waals surface area (Å²) in [6, 6.07) is 0. The van der Waals surface area contributed by atoms with Crippen LogP contribution in [0.2, 0.25) is 0 Å². The summed E-state index contributed by atoms with van der Waals surface area (Å²) in [5.41, 5.74) is -0.535. The van der Waals surface area contributed by atoms with E-state index >= 15 is 0 Å². The van der Waals surface area contributed by atoms with Gasteiger partial charge < -0.3 is 15.7 Å². The fourth-order valence-electron chi connectivity index (χ4n) is 2.32. The molecule has 4 heteroatoms. The van der Waals surface area contributed by atoms with Crippen molar-refractivity contribution in [1.29, 1.82) is 0 Å². The Morgan fingerprint density at radius 2 is 1.94 bits per heavy atom. The fraction of sp³-hybridized carbons (Fsp3) is 0.929. The van der Waals surface area contributed by atoms with E-state index in [4.69, 9.17) is 0 Å². The molecule has 0 aromatic heterocycles. The second-order valence-corrected chi connectivity index (χ2v) is 5.91. The van der Waals surface area contributed by atoms with Gasteiger partial charge >= 0.3 is 0 Å². The summed E-state index contributed by atoms with van der Waals surface area (Å²) >= 11 is 0. The highest BCUT2D eigenvalue weighted by Gasteiger charge is 2.28. The molecular formula is C14H28N2O2. The summed E-state index contributed by atoms with van der Waals surface area (Å²) < 4.78 is 0. The van der Waals surface area contributed by atoms with Gasteiger partial charge in [-0.05, 0) is 18.8 Å². The van der Waals surface area contributed by atoms with E-state index in [2.05, 4.69) is 24.5 Å². The summed E-state index contributed by atoms with van der Waals surface area (Å²) in [4.78, 5) is 11.5. The number of carbonyl (C=O) groups excluding carboxylic acids is 1. The van der Waals surface area contributed by atoms with E-state index in [9.17, 15) is 9.90 Å². The van der Waals surface area contributed by atoms with Gasteiger partial charge in [0.25, 0.3) is 0 Å². The topological polar surface area (TPSA) is 61.4 Å². The first kappa shape index (κ1) is 15.4. The van der Waals surface area contributed by atoms with Crippen LogP contribution in [-0.4, -0.2) is 36.2 Å². The molecule has 1 saturated carbocycles. The SMILES string of the molecule is CC(C)CNC(=O)CCNCC1(O)CCCCC1. The summed E-state index contributed by atoms with van der Waals surface area (Å²) in [7, 11) is 0. The predicted octanol–water partition coefficient (Wildman–Crippen LogP) is 1.43. The van der Waals surface area contributed by atoms with Gasteiger partial charge in [0.1, 0.15) is 0 Å². The van der Waals surface area contributed by atoms with Crippen LogP contribution in [-0.2, 0) is 4.79 Å². The molecule has 0 heterocycles. The molecule has 0 saturated heterocycles. The van der Waals surface area contributed by atoms with Crippen molar-refractivity contribution in [2.75, 3.05) is 19.6 Å². The fourth-order valence-corrected chi connectivity index (χ4v) is 2.32. The van der Waals surface area contributed by atoms with Crippen LogP contribution in [0.4, 0.5) is 0 Å². The molecule has 1 aliphatic carbocycles. The highest BCUT2D eigenvalue weighted by atomic mass is 16.3. The van der Waals surface area contributed by atoms with Crippen molar-refractivity contribution < 1.29 is 9.90 Å². The molecule has 0 bridgehead atoms. The Morgan fingerprint density at radius 3 is 2.56 bits per heavy atom. The van der Waals surface area contributed by atoms with Crippen LogP contribution in [0.1, 0.15) is 52.4 Å². The molecule has 0 atom stereocenters. The monoisotopic (exact) mass is 256 g/mol. The van der Waals surface area contributed by atoms with E-state index < -0.39 is 5.60 Å². The number of nitrogens with one attached hydrogen (secondary N) is 2. The molecular weight excluding hydrogens is 228 g/mol. The van der Waals surface area contributed by atoms with Gasteiger partial charge in [-0.1, -0.05) is 33.1 Å². The third kappa shape index (κ3) is 6.36. The molecule has 1 aliphatic rings. The van der Waals surface area contributed by atoms with Gasteiger partial charge in [-0.3, -0.25) is 4.79 Å². The van der Waals surface area contributed by atoms with Crippen LogP contribution in [0.25, 0.3) is 0 Å². The Kier molecular flexibility index (Phi) is 6.65. The van der Waals surface area contributed by atoms with Crippen molar-refractivity contribution in [2.45, 2.75) is 58.0 Å². The number of rotatable bonds is 7. The Morgan fingerprint density at radius 1 is 1.28 bits per heavy atom. The Labute approximate surface area is 111 Å². The van der Waals surface area contributed by atoms with E-state index in [1.807, 2.05) is 0 Å². The summed E-state index contributed by atoms with van der Waals surface area (Å²) in [6.07, 6.45) is 5.74. The van der Waals surface area contributed by atoms with Crippen molar-refractivity contribution in [3.63, 3.8) is 0 Å². The summed E-state index contributed by atoms with van der Waals surface area (Å²) in [5, 5.41) is 16.3. The molecule has 1 rings (SSSR count). The third-order valence-electron chi connectivity index (χ3n) is 3.47. The molecule has 0 aromatic carbocycles. The number of amides is 1. The molecule has 18 heavy (non-hydrogen) atoms. The van der Waals surface area contributed by atoms with Crippen molar-refractivity contribution >= 4 is 5.91 Å². The predicted molar refractivity (Wildman–Crippen MR) is 73.4 cm³/mol. The first-order chi connectivity index (χ1) is 8.52. The molecule has 0 aliphatic heterocycles. The number of hydrogen-bond donors (Lipinski definition) is 3. The van der Waals surface area contributed by atoms with Crippen LogP contribution in [0, 0.1) is 5.92 Å². The van der Waals surface area contributed by atoms with Crippen LogP contribution < -0.4 is 10.6 Å².